The van der Waals surface area contributed by atoms with Crippen LogP contribution < -0.4 is 5.32 Å². The van der Waals surface area contributed by atoms with Crippen LogP contribution in [0.1, 0.15) is 30.1 Å². The van der Waals surface area contributed by atoms with Crippen LogP contribution in [0.2, 0.25) is 5.02 Å². The predicted molar refractivity (Wildman–Crippen MR) is 78.7 cm³/mol. The number of rotatable bonds is 5. The lowest BCUT2D eigenvalue weighted by Gasteiger charge is -2.21. The Balaban J connectivity index is 1.87. The highest BCUT2D eigenvalue weighted by Crippen LogP contribution is 2.18. The van der Waals surface area contributed by atoms with Gasteiger partial charge in [-0.25, -0.2) is 4.39 Å². The summed E-state index contributed by atoms with van der Waals surface area (Å²) in [4.78, 5) is 25.3. The van der Waals surface area contributed by atoms with Gasteiger partial charge in [-0.05, 0) is 24.5 Å². The minimum absolute atomic E-state index is 0.0925. The fourth-order valence-corrected chi connectivity index (χ4v) is 2.66. The van der Waals surface area contributed by atoms with Crippen molar-refractivity contribution < 1.29 is 14.0 Å². The molecule has 1 aliphatic rings. The van der Waals surface area contributed by atoms with Gasteiger partial charge < -0.3 is 10.2 Å². The second kappa shape index (κ2) is 6.89. The van der Waals surface area contributed by atoms with Gasteiger partial charge in [0.1, 0.15) is 5.82 Å². The molecule has 4 nitrogen and oxygen atoms in total. The van der Waals surface area contributed by atoms with Crippen molar-refractivity contribution in [2.75, 3.05) is 19.6 Å². The number of hydrogen-bond donors (Lipinski definition) is 1. The summed E-state index contributed by atoms with van der Waals surface area (Å²) >= 11 is 5.84. The zero-order valence-corrected chi connectivity index (χ0v) is 12.6. The lowest BCUT2D eigenvalue weighted by atomic mass is 10.1. The average Bonchev–Trinajstić information content (AvgIpc) is 2.82. The summed E-state index contributed by atoms with van der Waals surface area (Å²) in [6, 6.07) is 4.13. The van der Waals surface area contributed by atoms with Crippen molar-refractivity contribution in [1.82, 2.24) is 10.2 Å². The van der Waals surface area contributed by atoms with Gasteiger partial charge in [-0.1, -0.05) is 24.6 Å². The Morgan fingerprint density at radius 2 is 2.29 bits per heavy atom. The van der Waals surface area contributed by atoms with Crippen molar-refractivity contribution in [3.05, 3.63) is 34.6 Å². The molecule has 2 amide bonds. The first-order valence-corrected chi connectivity index (χ1v) is 7.37. The molecule has 1 aromatic carbocycles. The molecular weight excluding hydrogens is 295 g/mol. The van der Waals surface area contributed by atoms with E-state index in [1.54, 1.807) is 4.90 Å². The molecule has 1 heterocycles. The molecule has 0 saturated carbocycles. The first-order chi connectivity index (χ1) is 9.99. The predicted octanol–water partition coefficient (Wildman–Crippen LogP) is 2.47. The fraction of sp³-hybridized carbons (Fsp3) is 0.467. The van der Waals surface area contributed by atoms with Crippen molar-refractivity contribution in [1.29, 1.82) is 0 Å². The van der Waals surface area contributed by atoms with Gasteiger partial charge in [0, 0.05) is 26.1 Å². The number of hydrogen-bond acceptors (Lipinski definition) is 2. The van der Waals surface area contributed by atoms with Crippen LogP contribution in [-0.2, 0) is 4.79 Å². The number of halogens is 2. The number of amides is 2. The Bertz CT molecular complexity index is 530. The van der Waals surface area contributed by atoms with Crippen LogP contribution in [0.25, 0.3) is 0 Å². The molecule has 21 heavy (non-hydrogen) atoms. The summed E-state index contributed by atoms with van der Waals surface area (Å²) in [5.41, 5.74) is -0.136. The molecule has 0 radical (unpaired) electrons. The molecule has 1 atom stereocenters. The zero-order chi connectivity index (χ0) is 15.4. The summed E-state index contributed by atoms with van der Waals surface area (Å²) in [5, 5.41) is 2.76. The molecule has 0 aromatic heterocycles. The van der Waals surface area contributed by atoms with Crippen LogP contribution in [0.3, 0.4) is 0 Å². The zero-order valence-electron chi connectivity index (χ0n) is 11.9. The highest BCUT2D eigenvalue weighted by molar-refractivity contribution is 6.33. The van der Waals surface area contributed by atoms with Gasteiger partial charge in [-0.15, -0.1) is 0 Å². The van der Waals surface area contributed by atoms with Crippen LogP contribution in [-0.4, -0.2) is 36.3 Å². The number of carbonyl (C=O) groups excluding carboxylic acids is 2. The summed E-state index contributed by atoms with van der Waals surface area (Å²) < 4.78 is 13.6. The van der Waals surface area contributed by atoms with E-state index in [2.05, 4.69) is 5.32 Å². The van der Waals surface area contributed by atoms with Gasteiger partial charge >= 0.3 is 0 Å². The quantitative estimate of drug-likeness (QED) is 0.908. The van der Waals surface area contributed by atoms with E-state index in [4.69, 9.17) is 11.6 Å². The summed E-state index contributed by atoms with van der Waals surface area (Å²) in [5.74, 6) is -0.910. The van der Waals surface area contributed by atoms with Gasteiger partial charge in [0.05, 0.1) is 10.6 Å². The van der Waals surface area contributed by atoms with Gasteiger partial charge in [-0.2, -0.15) is 0 Å². The number of likely N-dealkylation sites (tertiary alicyclic amines) is 1. The molecule has 0 aliphatic carbocycles. The molecular formula is C15H18ClFN2O2. The lowest BCUT2D eigenvalue weighted by Crippen LogP contribution is -2.36. The number of benzene rings is 1. The fourth-order valence-electron chi connectivity index (χ4n) is 2.41. The summed E-state index contributed by atoms with van der Waals surface area (Å²) in [7, 11) is 0. The van der Waals surface area contributed by atoms with Gasteiger partial charge in [0.15, 0.2) is 0 Å². The Morgan fingerprint density at radius 3 is 2.90 bits per heavy atom. The second-order valence-corrected chi connectivity index (χ2v) is 5.76. The Labute approximate surface area is 128 Å². The maximum absolute atomic E-state index is 13.6. The maximum atomic E-state index is 13.6. The first-order valence-electron chi connectivity index (χ1n) is 6.99. The topological polar surface area (TPSA) is 49.4 Å². The largest absolute Gasteiger partial charge is 0.352 e. The van der Waals surface area contributed by atoms with Crippen LogP contribution in [0.4, 0.5) is 4.39 Å². The van der Waals surface area contributed by atoms with Crippen molar-refractivity contribution >= 4 is 23.4 Å². The lowest BCUT2D eigenvalue weighted by molar-refractivity contribution is -0.128. The third-order valence-corrected chi connectivity index (χ3v) is 3.82. The summed E-state index contributed by atoms with van der Waals surface area (Å²) in [6.07, 6.45) is 1.49. The number of nitrogens with one attached hydrogen (secondary N) is 1. The van der Waals surface area contributed by atoms with E-state index in [-0.39, 0.29) is 22.4 Å². The minimum atomic E-state index is -0.637. The molecule has 1 aromatic rings. The number of carbonyl (C=O) groups is 2. The van der Waals surface area contributed by atoms with Crippen molar-refractivity contribution in [3.63, 3.8) is 0 Å². The van der Waals surface area contributed by atoms with Crippen LogP contribution in [0, 0.1) is 11.7 Å². The smallest absolute Gasteiger partial charge is 0.255 e. The third-order valence-electron chi connectivity index (χ3n) is 3.50. The standard InChI is InChI=1S/C15H18ClFN2O2/c1-10(9-19-7-3-6-13(19)20)8-18-15(21)14-11(16)4-2-5-12(14)17/h2,4-5,10H,3,6-9H2,1H3,(H,18,21)/t10-/m0/s1. The third kappa shape index (κ3) is 3.94. The molecule has 1 aliphatic heterocycles. The van der Waals surface area contributed by atoms with E-state index in [0.29, 0.717) is 19.5 Å². The number of nitrogens with zero attached hydrogens (tertiary/aromatic N) is 1. The van der Waals surface area contributed by atoms with Gasteiger partial charge in [-0.3, -0.25) is 9.59 Å². The maximum Gasteiger partial charge on any atom is 0.255 e. The normalized spacial score (nSPS) is 16.1. The van der Waals surface area contributed by atoms with Crippen molar-refractivity contribution in [2.45, 2.75) is 19.8 Å². The highest BCUT2D eigenvalue weighted by atomic mass is 35.5. The van der Waals surface area contributed by atoms with Crippen molar-refractivity contribution in [2.24, 2.45) is 5.92 Å². The SMILES string of the molecule is C[C@@H](CNC(=O)c1c(F)cccc1Cl)CN1CCCC1=O. The molecule has 1 N–H and O–H groups in total. The van der Waals surface area contributed by atoms with Gasteiger partial charge in [0.25, 0.3) is 5.91 Å². The Morgan fingerprint density at radius 1 is 1.52 bits per heavy atom. The molecule has 0 unspecified atom stereocenters. The second-order valence-electron chi connectivity index (χ2n) is 5.36. The molecule has 114 valence electrons. The van der Waals surface area contributed by atoms with E-state index < -0.39 is 11.7 Å². The molecule has 6 heteroatoms. The van der Waals surface area contributed by atoms with Gasteiger partial charge in [0.2, 0.25) is 5.91 Å². The minimum Gasteiger partial charge on any atom is -0.352 e. The highest BCUT2D eigenvalue weighted by Gasteiger charge is 2.22. The summed E-state index contributed by atoms with van der Waals surface area (Å²) in [6.45, 7) is 3.68. The van der Waals surface area contributed by atoms with E-state index in [1.165, 1.54) is 18.2 Å². The van der Waals surface area contributed by atoms with E-state index in [0.717, 1.165) is 13.0 Å². The Kier molecular flexibility index (Phi) is 5.17. The molecule has 1 fully saturated rings. The molecule has 2 rings (SSSR count). The monoisotopic (exact) mass is 312 g/mol. The van der Waals surface area contributed by atoms with Crippen LogP contribution >= 0.6 is 11.6 Å². The van der Waals surface area contributed by atoms with Crippen LogP contribution in [0.5, 0.6) is 0 Å². The Hall–Kier alpha value is -1.62. The van der Waals surface area contributed by atoms with Crippen molar-refractivity contribution in [3.8, 4) is 0 Å². The molecule has 0 spiro atoms. The molecule has 1 saturated heterocycles. The average molecular weight is 313 g/mol. The molecule has 0 bridgehead atoms. The van der Waals surface area contributed by atoms with Crippen LogP contribution in [0.15, 0.2) is 18.2 Å². The first kappa shape index (κ1) is 15.8. The van der Waals surface area contributed by atoms with E-state index in [9.17, 15) is 14.0 Å². The van der Waals surface area contributed by atoms with E-state index >= 15 is 0 Å². The van der Waals surface area contributed by atoms with E-state index in [1.807, 2.05) is 6.92 Å².